The van der Waals surface area contributed by atoms with E-state index in [2.05, 4.69) is 73.1 Å². The van der Waals surface area contributed by atoms with Crippen LogP contribution in [-0.4, -0.2) is 35.2 Å². The van der Waals surface area contributed by atoms with Gasteiger partial charge in [-0.15, -0.1) is 10.2 Å². The van der Waals surface area contributed by atoms with Crippen molar-refractivity contribution >= 4 is 73.7 Å². The normalized spacial score (nSPS) is 11.2. The zero-order valence-electron chi connectivity index (χ0n) is 17.5. The van der Waals surface area contributed by atoms with Gasteiger partial charge in [0, 0.05) is 5.75 Å². The first-order valence-corrected chi connectivity index (χ1v) is 13.4. The highest BCUT2D eigenvalue weighted by Crippen LogP contribution is 2.32. The molecule has 0 atom stereocenters. The molecule has 0 aliphatic heterocycles. The Morgan fingerprint density at radius 2 is 1.91 bits per heavy atom. The monoisotopic (exact) mass is 558 g/mol. The number of amides is 1. The van der Waals surface area contributed by atoms with Crippen LogP contribution in [0.1, 0.15) is 11.1 Å². The number of carbonyl (C=O) groups excluding carboxylic acids is 1. The van der Waals surface area contributed by atoms with Gasteiger partial charge in [0.15, 0.2) is 8.68 Å². The van der Waals surface area contributed by atoms with Crippen LogP contribution in [0.15, 0.2) is 78.9 Å². The van der Waals surface area contributed by atoms with E-state index in [1.54, 1.807) is 25.1 Å². The zero-order chi connectivity index (χ0) is 23.0. The molecule has 0 aliphatic carbocycles. The van der Waals surface area contributed by atoms with Crippen molar-refractivity contribution in [1.29, 1.82) is 0 Å². The number of hydrogen-bond acceptors (Lipinski definition) is 8. The Morgan fingerprint density at radius 1 is 1.12 bits per heavy atom. The fourth-order valence-electron chi connectivity index (χ4n) is 2.97. The van der Waals surface area contributed by atoms with Crippen LogP contribution >= 0.6 is 50.8 Å². The Bertz CT molecular complexity index is 1290. The number of benzene rings is 3. The molecule has 0 saturated heterocycles. The summed E-state index contributed by atoms with van der Waals surface area (Å²) in [5.41, 5.74) is 4.64. The maximum atomic E-state index is 12.1. The number of halogens is 1. The first-order valence-electron chi connectivity index (χ1n) is 9.83. The molecule has 4 aromatic rings. The quantitative estimate of drug-likeness (QED) is 0.154. The number of thioether (sulfide) groups is 2. The summed E-state index contributed by atoms with van der Waals surface area (Å²) in [6.45, 7) is 0. The van der Waals surface area contributed by atoms with Gasteiger partial charge < -0.3 is 4.74 Å². The molecule has 1 heterocycles. The van der Waals surface area contributed by atoms with Crippen molar-refractivity contribution in [3.05, 3.63) is 76.3 Å². The summed E-state index contributed by atoms with van der Waals surface area (Å²) in [6, 6.07) is 20.2. The first-order chi connectivity index (χ1) is 16.1. The van der Waals surface area contributed by atoms with Crippen LogP contribution < -0.4 is 10.2 Å². The number of rotatable bonds is 9. The molecule has 4 rings (SSSR count). The van der Waals surface area contributed by atoms with Gasteiger partial charge in [-0.3, -0.25) is 4.79 Å². The highest BCUT2D eigenvalue weighted by Gasteiger charge is 2.09. The lowest BCUT2D eigenvalue weighted by molar-refractivity contribution is -0.118. The molecule has 33 heavy (non-hydrogen) atoms. The highest BCUT2D eigenvalue weighted by molar-refractivity contribution is 9.10. The Hall–Kier alpha value is -2.40. The third kappa shape index (κ3) is 6.57. The van der Waals surface area contributed by atoms with E-state index >= 15 is 0 Å². The van der Waals surface area contributed by atoms with Gasteiger partial charge >= 0.3 is 0 Å². The van der Waals surface area contributed by atoms with Gasteiger partial charge in [0.05, 0.1) is 23.5 Å². The molecule has 1 aromatic heterocycles. The molecular formula is C23H19BrN4O2S3. The molecule has 0 bridgehead atoms. The van der Waals surface area contributed by atoms with E-state index in [0.717, 1.165) is 30.2 Å². The second-order valence-corrected chi connectivity index (χ2v) is 11.0. The molecule has 0 aliphatic rings. The molecule has 1 N–H and O–H groups in total. The van der Waals surface area contributed by atoms with Gasteiger partial charge in [-0.25, -0.2) is 5.43 Å². The summed E-state index contributed by atoms with van der Waals surface area (Å²) in [5.74, 6) is 1.56. The average molecular weight is 560 g/mol. The summed E-state index contributed by atoms with van der Waals surface area (Å²) in [7, 11) is 1.61. The predicted octanol–water partition coefficient (Wildman–Crippen LogP) is 6.00. The molecule has 0 saturated carbocycles. The third-order valence-electron chi connectivity index (χ3n) is 4.52. The number of hydrogen-bond donors (Lipinski definition) is 1. The molecule has 1 amide bonds. The lowest BCUT2D eigenvalue weighted by atomic mass is 10.1. The topological polar surface area (TPSA) is 76.5 Å². The number of ether oxygens (including phenoxy) is 1. The Kier molecular flexibility index (Phi) is 8.38. The number of carbonyl (C=O) groups is 1. The van der Waals surface area contributed by atoms with Crippen molar-refractivity contribution < 1.29 is 9.53 Å². The molecule has 0 fully saturated rings. The van der Waals surface area contributed by atoms with E-state index in [0.29, 0.717) is 0 Å². The van der Waals surface area contributed by atoms with E-state index in [1.165, 1.54) is 39.4 Å². The summed E-state index contributed by atoms with van der Waals surface area (Å²) >= 11 is 7.92. The van der Waals surface area contributed by atoms with Crippen molar-refractivity contribution in [2.75, 3.05) is 12.9 Å². The summed E-state index contributed by atoms with van der Waals surface area (Å²) < 4.78 is 7.66. The molecule has 0 unspecified atom stereocenters. The van der Waals surface area contributed by atoms with Gasteiger partial charge in [0.1, 0.15) is 5.75 Å². The summed E-state index contributed by atoms with van der Waals surface area (Å²) in [5, 5.41) is 14.9. The maximum Gasteiger partial charge on any atom is 0.250 e. The number of nitrogens with one attached hydrogen (secondary N) is 1. The second kappa shape index (κ2) is 11.6. The number of methoxy groups -OCH3 is 1. The minimum Gasteiger partial charge on any atom is -0.496 e. The van der Waals surface area contributed by atoms with Crippen LogP contribution in [0.4, 0.5) is 0 Å². The predicted molar refractivity (Wildman–Crippen MR) is 141 cm³/mol. The first kappa shape index (κ1) is 23.7. The van der Waals surface area contributed by atoms with Gasteiger partial charge in [-0.2, -0.15) is 5.10 Å². The Balaban J connectivity index is 1.25. The van der Waals surface area contributed by atoms with Crippen LogP contribution in [0.5, 0.6) is 5.75 Å². The lowest BCUT2D eigenvalue weighted by Crippen LogP contribution is -2.19. The van der Waals surface area contributed by atoms with Crippen LogP contribution in [0.25, 0.3) is 10.8 Å². The molecule has 3 aromatic carbocycles. The number of fused-ring (bicyclic) bond motifs is 1. The third-order valence-corrected chi connectivity index (χ3v) is 8.38. The number of aromatic nitrogens is 2. The van der Waals surface area contributed by atoms with Crippen molar-refractivity contribution in [2.45, 2.75) is 14.4 Å². The van der Waals surface area contributed by atoms with Crippen LogP contribution in [0, 0.1) is 0 Å². The molecule has 10 heteroatoms. The Labute approximate surface area is 212 Å². The van der Waals surface area contributed by atoms with E-state index in [4.69, 9.17) is 4.74 Å². The fraction of sp³-hybridized carbons (Fsp3) is 0.130. The lowest BCUT2D eigenvalue weighted by Gasteiger charge is -2.04. The minimum atomic E-state index is -0.205. The van der Waals surface area contributed by atoms with Gasteiger partial charge in [0.25, 0.3) is 5.91 Å². The average Bonchev–Trinajstić information content (AvgIpc) is 3.29. The van der Waals surface area contributed by atoms with Crippen LogP contribution in [-0.2, 0) is 10.5 Å². The molecular weight excluding hydrogens is 540 g/mol. The molecule has 0 radical (unpaired) electrons. The largest absolute Gasteiger partial charge is 0.496 e. The van der Waals surface area contributed by atoms with Gasteiger partial charge in [-0.05, 0) is 56.0 Å². The zero-order valence-corrected chi connectivity index (χ0v) is 21.6. The van der Waals surface area contributed by atoms with E-state index in [1.807, 2.05) is 24.3 Å². The van der Waals surface area contributed by atoms with E-state index < -0.39 is 0 Å². The summed E-state index contributed by atoms with van der Waals surface area (Å²) in [6.07, 6.45) is 1.58. The standard InChI is InChI=1S/C23H19BrN4O2S3/c1-30-20-10-9-15(11-19(20)24)12-25-26-21(29)14-32-23-28-27-22(33-23)31-13-17-7-4-6-16-5-2-3-8-18(16)17/h2-12H,13-14H2,1H3,(H,26,29). The van der Waals surface area contributed by atoms with Gasteiger partial charge in [-0.1, -0.05) is 77.3 Å². The van der Waals surface area contributed by atoms with Crippen molar-refractivity contribution in [1.82, 2.24) is 15.6 Å². The Morgan fingerprint density at radius 3 is 2.73 bits per heavy atom. The molecule has 6 nitrogen and oxygen atoms in total. The molecule has 168 valence electrons. The van der Waals surface area contributed by atoms with E-state index in [9.17, 15) is 4.79 Å². The second-order valence-electron chi connectivity index (χ2n) is 6.74. The van der Waals surface area contributed by atoms with E-state index in [-0.39, 0.29) is 11.7 Å². The number of nitrogens with zero attached hydrogens (tertiary/aromatic N) is 3. The van der Waals surface area contributed by atoms with Crippen LogP contribution in [0.3, 0.4) is 0 Å². The number of hydrazone groups is 1. The molecule has 0 spiro atoms. The van der Waals surface area contributed by atoms with Gasteiger partial charge in [0.2, 0.25) is 0 Å². The highest BCUT2D eigenvalue weighted by atomic mass is 79.9. The van der Waals surface area contributed by atoms with Crippen LogP contribution in [0.2, 0.25) is 0 Å². The maximum absolute atomic E-state index is 12.1. The minimum absolute atomic E-state index is 0.205. The fourth-order valence-corrected chi connectivity index (χ4v) is 6.35. The summed E-state index contributed by atoms with van der Waals surface area (Å²) in [4.78, 5) is 12.1. The van der Waals surface area contributed by atoms with Crippen molar-refractivity contribution in [3.63, 3.8) is 0 Å². The van der Waals surface area contributed by atoms with Crippen molar-refractivity contribution in [3.8, 4) is 5.75 Å². The SMILES string of the molecule is COc1ccc(C=NNC(=O)CSc2nnc(SCc3cccc4ccccc34)s2)cc1Br. The van der Waals surface area contributed by atoms with Crippen molar-refractivity contribution in [2.24, 2.45) is 5.10 Å². The smallest absolute Gasteiger partial charge is 0.250 e.